The third-order valence-electron chi connectivity index (χ3n) is 3.84. The maximum Gasteiger partial charge on any atom is 0.155 e. The minimum Gasteiger partial charge on any atom is -0.453 e. The van der Waals surface area contributed by atoms with Crippen LogP contribution in [0.4, 0.5) is 0 Å². The Kier molecular flexibility index (Phi) is 1.95. The lowest BCUT2D eigenvalue weighted by molar-refractivity contribution is 0.657. The van der Waals surface area contributed by atoms with Gasteiger partial charge in [-0.15, -0.1) is 0 Å². The van der Waals surface area contributed by atoms with E-state index in [4.69, 9.17) is 9.40 Å². The summed E-state index contributed by atoms with van der Waals surface area (Å²) in [6, 6.07) is 20.0. The van der Waals surface area contributed by atoms with Crippen LogP contribution in [-0.4, -0.2) is 9.97 Å². The molecular weight excluding hydrogens is 260 g/mol. The SMILES string of the molecule is c1ccc2oc3cc4nc5ccccc5c4cc3nc2c1. The summed E-state index contributed by atoms with van der Waals surface area (Å²) in [5, 5.41) is 2.28. The number of rotatable bonds is 0. The lowest BCUT2D eigenvalue weighted by Gasteiger charge is -2.01. The molecule has 0 aliphatic heterocycles. The zero-order chi connectivity index (χ0) is 13.8. The van der Waals surface area contributed by atoms with Crippen molar-refractivity contribution in [1.82, 2.24) is 9.97 Å². The van der Waals surface area contributed by atoms with Crippen molar-refractivity contribution < 1.29 is 4.42 Å². The summed E-state index contributed by atoms with van der Waals surface area (Å²) in [7, 11) is 0. The molecule has 0 saturated heterocycles. The molecule has 21 heavy (non-hydrogen) atoms. The summed E-state index contributed by atoms with van der Waals surface area (Å²) >= 11 is 0. The van der Waals surface area contributed by atoms with Crippen LogP contribution in [0.25, 0.3) is 44.0 Å². The first-order valence-corrected chi connectivity index (χ1v) is 6.86. The predicted molar refractivity (Wildman–Crippen MR) is 84.3 cm³/mol. The Morgan fingerprint density at radius 1 is 0.571 bits per heavy atom. The molecule has 0 aliphatic rings. The van der Waals surface area contributed by atoms with E-state index in [0.29, 0.717) is 0 Å². The fourth-order valence-corrected chi connectivity index (χ4v) is 2.85. The van der Waals surface area contributed by atoms with Crippen LogP contribution in [0.1, 0.15) is 0 Å². The number of aromatic nitrogens is 2. The molecule has 5 rings (SSSR count). The molecule has 0 radical (unpaired) electrons. The minimum absolute atomic E-state index is 0.768. The summed E-state index contributed by atoms with van der Waals surface area (Å²) < 4.78 is 5.95. The van der Waals surface area contributed by atoms with E-state index in [2.05, 4.69) is 17.1 Å². The first-order valence-electron chi connectivity index (χ1n) is 6.86. The zero-order valence-corrected chi connectivity index (χ0v) is 11.1. The van der Waals surface area contributed by atoms with Crippen LogP contribution >= 0.6 is 0 Å². The van der Waals surface area contributed by atoms with Gasteiger partial charge in [0.1, 0.15) is 11.0 Å². The summed E-state index contributed by atoms with van der Waals surface area (Å²) in [5.74, 6) is 0. The van der Waals surface area contributed by atoms with Gasteiger partial charge in [0.2, 0.25) is 0 Å². The quantitative estimate of drug-likeness (QED) is 0.383. The standard InChI is InChI=1S/C18H10N2O/c1-2-6-13-11(5-1)12-9-16-18(10-15(12)19-13)21-17-8-4-3-7-14(17)20-16/h1-10H. The molecule has 0 spiro atoms. The largest absolute Gasteiger partial charge is 0.453 e. The van der Waals surface area contributed by atoms with E-state index < -0.39 is 0 Å². The predicted octanol–water partition coefficient (Wildman–Crippen LogP) is 4.68. The van der Waals surface area contributed by atoms with Crippen molar-refractivity contribution in [1.29, 1.82) is 0 Å². The fraction of sp³-hybridized carbons (Fsp3) is 0. The van der Waals surface area contributed by atoms with Crippen molar-refractivity contribution in [3.63, 3.8) is 0 Å². The van der Waals surface area contributed by atoms with Crippen LogP contribution in [0, 0.1) is 0 Å². The van der Waals surface area contributed by atoms with E-state index >= 15 is 0 Å². The summed E-state index contributed by atoms with van der Waals surface area (Å²) in [6.07, 6.45) is 0. The van der Waals surface area contributed by atoms with Crippen LogP contribution in [-0.2, 0) is 0 Å². The Morgan fingerprint density at radius 2 is 1.33 bits per heavy atom. The summed E-state index contributed by atoms with van der Waals surface area (Å²) in [4.78, 5) is 9.35. The molecule has 0 amide bonds. The number of benzene rings is 3. The molecule has 2 heterocycles. The van der Waals surface area contributed by atoms with Gasteiger partial charge in [-0.2, -0.15) is 0 Å². The minimum atomic E-state index is 0.768. The van der Waals surface area contributed by atoms with E-state index in [1.807, 2.05) is 48.5 Å². The molecule has 0 aliphatic carbocycles. The third kappa shape index (κ3) is 1.48. The molecule has 98 valence electrons. The first kappa shape index (κ1) is 10.8. The van der Waals surface area contributed by atoms with Crippen LogP contribution < -0.4 is 0 Å². The molecule has 3 heteroatoms. The van der Waals surface area contributed by atoms with Crippen LogP contribution in [0.2, 0.25) is 0 Å². The van der Waals surface area contributed by atoms with E-state index in [-0.39, 0.29) is 0 Å². The lowest BCUT2D eigenvalue weighted by atomic mass is 10.1. The van der Waals surface area contributed by atoms with E-state index in [9.17, 15) is 0 Å². The average Bonchev–Trinajstić information content (AvgIpc) is 2.88. The Hall–Kier alpha value is -2.94. The molecular formula is C18H10N2O. The molecule has 3 nitrogen and oxygen atoms in total. The highest BCUT2D eigenvalue weighted by atomic mass is 16.3. The lowest BCUT2D eigenvalue weighted by Crippen LogP contribution is -1.82. The van der Waals surface area contributed by atoms with Crippen LogP contribution in [0.15, 0.2) is 65.1 Å². The monoisotopic (exact) mass is 270 g/mol. The van der Waals surface area contributed by atoms with Crippen molar-refractivity contribution >= 4 is 44.0 Å². The normalized spacial score (nSPS) is 11.8. The van der Waals surface area contributed by atoms with E-state index in [0.717, 1.165) is 44.0 Å². The Labute approximate surface area is 119 Å². The van der Waals surface area contributed by atoms with Gasteiger partial charge in [0.15, 0.2) is 11.2 Å². The van der Waals surface area contributed by atoms with Crippen molar-refractivity contribution in [3.8, 4) is 0 Å². The van der Waals surface area contributed by atoms with Gasteiger partial charge in [-0.05, 0) is 24.3 Å². The van der Waals surface area contributed by atoms with Crippen molar-refractivity contribution in [2.45, 2.75) is 0 Å². The molecule has 0 saturated carbocycles. The van der Waals surface area contributed by atoms with Gasteiger partial charge in [0, 0.05) is 16.8 Å². The molecule has 5 aromatic rings. The molecule has 3 aromatic carbocycles. The molecule has 0 unspecified atom stereocenters. The summed E-state index contributed by atoms with van der Waals surface area (Å²) in [6.45, 7) is 0. The molecule has 0 atom stereocenters. The van der Waals surface area contributed by atoms with E-state index in [1.165, 1.54) is 0 Å². The van der Waals surface area contributed by atoms with Gasteiger partial charge < -0.3 is 4.42 Å². The molecule has 0 N–H and O–H groups in total. The van der Waals surface area contributed by atoms with E-state index in [1.54, 1.807) is 0 Å². The maximum absolute atomic E-state index is 5.95. The molecule has 0 bridgehead atoms. The zero-order valence-electron chi connectivity index (χ0n) is 11.1. The number of nitrogens with zero attached hydrogens (tertiary/aromatic N) is 2. The van der Waals surface area contributed by atoms with Crippen molar-refractivity contribution in [3.05, 3.63) is 60.7 Å². The summed E-state index contributed by atoms with van der Waals surface area (Å²) in [5.41, 5.74) is 5.24. The highest BCUT2D eigenvalue weighted by molar-refractivity contribution is 6.10. The second-order valence-electron chi connectivity index (χ2n) is 5.15. The Balaban J connectivity index is 1.99. The van der Waals surface area contributed by atoms with Crippen LogP contribution in [0.5, 0.6) is 0 Å². The number of hydrogen-bond donors (Lipinski definition) is 0. The van der Waals surface area contributed by atoms with Gasteiger partial charge >= 0.3 is 0 Å². The van der Waals surface area contributed by atoms with Gasteiger partial charge in [0.05, 0.1) is 11.0 Å². The third-order valence-corrected chi connectivity index (χ3v) is 3.84. The Morgan fingerprint density at radius 3 is 2.29 bits per heavy atom. The molecule has 2 aromatic heterocycles. The highest BCUT2D eigenvalue weighted by Gasteiger charge is 2.09. The average molecular weight is 270 g/mol. The topological polar surface area (TPSA) is 38.9 Å². The number of hydrogen-bond acceptors (Lipinski definition) is 3. The smallest absolute Gasteiger partial charge is 0.155 e. The first-order chi connectivity index (χ1) is 10.4. The Bertz CT molecular complexity index is 1140. The second kappa shape index (κ2) is 3.79. The number of fused-ring (bicyclic) bond motifs is 5. The van der Waals surface area contributed by atoms with Gasteiger partial charge in [0.25, 0.3) is 0 Å². The number of para-hydroxylation sites is 3. The molecule has 0 fully saturated rings. The van der Waals surface area contributed by atoms with Crippen molar-refractivity contribution in [2.24, 2.45) is 0 Å². The van der Waals surface area contributed by atoms with Crippen molar-refractivity contribution in [2.75, 3.05) is 0 Å². The second-order valence-corrected chi connectivity index (χ2v) is 5.15. The van der Waals surface area contributed by atoms with Crippen LogP contribution in [0.3, 0.4) is 0 Å². The fourth-order valence-electron chi connectivity index (χ4n) is 2.85. The van der Waals surface area contributed by atoms with Gasteiger partial charge in [-0.25, -0.2) is 9.97 Å². The highest BCUT2D eigenvalue weighted by Crippen LogP contribution is 2.30. The van der Waals surface area contributed by atoms with Gasteiger partial charge in [-0.1, -0.05) is 30.3 Å². The maximum atomic E-state index is 5.95. The van der Waals surface area contributed by atoms with Gasteiger partial charge in [-0.3, -0.25) is 0 Å².